The highest BCUT2D eigenvalue weighted by atomic mass is 79.9. The number of rotatable bonds is 5. The van der Waals surface area contributed by atoms with Gasteiger partial charge in [0, 0.05) is 5.56 Å². The van der Waals surface area contributed by atoms with E-state index in [0.717, 1.165) is 18.2 Å². The molecule has 0 aliphatic heterocycles. The molecule has 9 heteroatoms. The van der Waals surface area contributed by atoms with Crippen molar-refractivity contribution in [3.8, 4) is 11.5 Å². The summed E-state index contributed by atoms with van der Waals surface area (Å²) in [6, 6.07) is 7.39. The van der Waals surface area contributed by atoms with Gasteiger partial charge >= 0.3 is 6.18 Å². The van der Waals surface area contributed by atoms with Crippen LogP contribution in [-0.4, -0.2) is 26.3 Å². The van der Waals surface area contributed by atoms with Crippen molar-refractivity contribution in [3.63, 3.8) is 0 Å². The van der Waals surface area contributed by atoms with Gasteiger partial charge < -0.3 is 9.47 Å². The van der Waals surface area contributed by atoms with Gasteiger partial charge in [-0.05, 0) is 51.8 Å². The Bertz CT molecular complexity index is 838. The lowest BCUT2D eigenvalue weighted by Gasteiger charge is -2.10. The molecule has 26 heavy (non-hydrogen) atoms. The minimum absolute atomic E-state index is 0.148. The summed E-state index contributed by atoms with van der Waals surface area (Å²) in [6.45, 7) is 0. The first-order valence-electron chi connectivity index (χ1n) is 7.18. The Morgan fingerprint density at radius 2 is 1.92 bits per heavy atom. The maximum absolute atomic E-state index is 12.7. The van der Waals surface area contributed by atoms with Gasteiger partial charge in [-0.1, -0.05) is 6.07 Å². The monoisotopic (exact) mass is 430 g/mol. The third kappa shape index (κ3) is 4.75. The number of halogens is 4. The Labute approximate surface area is 155 Å². The summed E-state index contributed by atoms with van der Waals surface area (Å²) in [6.07, 6.45) is -3.19. The first-order chi connectivity index (χ1) is 12.3. The van der Waals surface area contributed by atoms with E-state index in [4.69, 9.17) is 9.47 Å². The zero-order valence-electron chi connectivity index (χ0n) is 13.7. The van der Waals surface area contributed by atoms with Crippen molar-refractivity contribution >= 4 is 28.1 Å². The zero-order valence-corrected chi connectivity index (χ0v) is 15.3. The number of amides is 1. The van der Waals surface area contributed by atoms with Crippen LogP contribution in [-0.2, 0) is 6.18 Å². The van der Waals surface area contributed by atoms with E-state index in [9.17, 15) is 18.0 Å². The van der Waals surface area contributed by atoms with Gasteiger partial charge in [-0.2, -0.15) is 18.3 Å². The summed E-state index contributed by atoms with van der Waals surface area (Å²) in [5.41, 5.74) is 1.72. The molecule has 0 heterocycles. The second-order valence-electron chi connectivity index (χ2n) is 5.02. The van der Waals surface area contributed by atoms with Crippen molar-refractivity contribution in [1.29, 1.82) is 0 Å². The zero-order chi connectivity index (χ0) is 19.3. The minimum atomic E-state index is -4.52. The molecule has 0 saturated carbocycles. The van der Waals surface area contributed by atoms with E-state index in [2.05, 4.69) is 26.5 Å². The first kappa shape index (κ1) is 19.8. The molecule has 1 N–H and O–H groups in total. The Morgan fingerprint density at radius 1 is 1.19 bits per heavy atom. The number of methoxy groups -OCH3 is 2. The second-order valence-corrected chi connectivity index (χ2v) is 5.87. The number of carbonyl (C=O) groups is 1. The van der Waals surface area contributed by atoms with Crippen LogP contribution < -0.4 is 14.9 Å². The van der Waals surface area contributed by atoms with Gasteiger partial charge in [-0.25, -0.2) is 5.43 Å². The highest BCUT2D eigenvalue weighted by Crippen LogP contribution is 2.35. The fraction of sp³-hybridized carbons (Fsp3) is 0.176. The number of hydrazone groups is 1. The lowest BCUT2D eigenvalue weighted by Crippen LogP contribution is -2.18. The molecule has 2 rings (SSSR count). The molecule has 0 fully saturated rings. The van der Waals surface area contributed by atoms with E-state index in [1.54, 1.807) is 12.1 Å². The summed E-state index contributed by atoms with van der Waals surface area (Å²) in [7, 11) is 2.96. The summed E-state index contributed by atoms with van der Waals surface area (Å²) in [5, 5.41) is 3.76. The van der Waals surface area contributed by atoms with Crippen molar-refractivity contribution < 1.29 is 27.4 Å². The van der Waals surface area contributed by atoms with E-state index < -0.39 is 17.6 Å². The van der Waals surface area contributed by atoms with Crippen molar-refractivity contribution in [1.82, 2.24) is 5.43 Å². The molecule has 0 aliphatic rings. The van der Waals surface area contributed by atoms with Crippen LogP contribution >= 0.6 is 15.9 Å². The molecule has 0 aliphatic carbocycles. The third-order valence-corrected chi connectivity index (χ3v) is 3.88. The Kier molecular flexibility index (Phi) is 6.25. The van der Waals surface area contributed by atoms with E-state index in [1.165, 1.54) is 26.5 Å². The molecule has 0 bridgehead atoms. The molecular weight excluding hydrogens is 417 g/mol. The minimum Gasteiger partial charge on any atom is -0.493 e. The van der Waals surface area contributed by atoms with Crippen LogP contribution in [0.4, 0.5) is 13.2 Å². The van der Waals surface area contributed by atoms with Crippen molar-refractivity contribution in [3.05, 3.63) is 57.6 Å². The SMILES string of the molecule is COc1cc(/C=N/NC(=O)c2cccc(C(F)(F)F)c2)cc(Br)c1OC. The van der Waals surface area contributed by atoms with Gasteiger partial charge in [-0.3, -0.25) is 4.79 Å². The molecule has 0 atom stereocenters. The molecule has 2 aromatic carbocycles. The normalized spacial score (nSPS) is 11.5. The number of nitrogens with one attached hydrogen (secondary N) is 1. The highest BCUT2D eigenvalue weighted by molar-refractivity contribution is 9.10. The molecular formula is C17H14BrF3N2O3. The van der Waals surface area contributed by atoms with Gasteiger partial charge in [0.05, 0.1) is 30.5 Å². The average molecular weight is 431 g/mol. The van der Waals surface area contributed by atoms with Crippen LogP contribution in [0.25, 0.3) is 0 Å². The number of carbonyl (C=O) groups excluding carboxylic acids is 1. The molecule has 138 valence electrons. The van der Waals surface area contributed by atoms with Crippen LogP contribution in [0.1, 0.15) is 21.5 Å². The summed E-state index contributed by atoms with van der Waals surface area (Å²) >= 11 is 3.32. The van der Waals surface area contributed by atoms with Crippen LogP contribution in [0.3, 0.4) is 0 Å². The lowest BCUT2D eigenvalue weighted by molar-refractivity contribution is -0.137. The fourth-order valence-electron chi connectivity index (χ4n) is 2.08. The number of alkyl halides is 3. The number of benzene rings is 2. The van der Waals surface area contributed by atoms with E-state index >= 15 is 0 Å². The predicted molar refractivity (Wildman–Crippen MR) is 93.8 cm³/mol. The van der Waals surface area contributed by atoms with Crippen molar-refractivity contribution in [2.24, 2.45) is 5.10 Å². The highest BCUT2D eigenvalue weighted by Gasteiger charge is 2.30. The number of hydrogen-bond acceptors (Lipinski definition) is 4. The van der Waals surface area contributed by atoms with E-state index in [0.29, 0.717) is 21.5 Å². The van der Waals surface area contributed by atoms with Crippen molar-refractivity contribution in [2.45, 2.75) is 6.18 Å². The molecule has 0 aromatic heterocycles. The van der Waals surface area contributed by atoms with Crippen LogP contribution in [0.15, 0.2) is 46.0 Å². The van der Waals surface area contributed by atoms with Crippen LogP contribution in [0.5, 0.6) is 11.5 Å². The summed E-state index contributed by atoms with van der Waals surface area (Å²) < 4.78 is 49.1. The van der Waals surface area contributed by atoms with E-state index in [-0.39, 0.29) is 5.56 Å². The predicted octanol–water partition coefficient (Wildman–Crippen LogP) is 4.25. The lowest BCUT2D eigenvalue weighted by atomic mass is 10.1. The summed E-state index contributed by atoms with van der Waals surface area (Å²) in [4.78, 5) is 12.0. The van der Waals surface area contributed by atoms with Gasteiger partial charge in [0.2, 0.25) is 0 Å². The molecule has 0 radical (unpaired) electrons. The first-order valence-corrected chi connectivity index (χ1v) is 7.97. The van der Waals surface area contributed by atoms with Gasteiger partial charge in [0.15, 0.2) is 11.5 Å². The molecule has 0 saturated heterocycles. The van der Waals surface area contributed by atoms with Crippen molar-refractivity contribution in [2.75, 3.05) is 14.2 Å². The molecule has 0 spiro atoms. The second kappa shape index (κ2) is 8.22. The largest absolute Gasteiger partial charge is 0.493 e. The molecule has 5 nitrogen and oxygen atoms in total. The number of hydrogen-bond donors (Lipinski definition) is 1. The molecule has 0 unspecified atom stereocenters. The maximum Gasteiger partial charge on any atom is 0.416 e. The van der Waals surface area contributed by atoms with Gasteiger partial charge in [0.1, 0.15) is 0 Å². The summed E-state index contributed by atoms with van der Waals surface area (Å²) in [5.74, 6) is 0.192. The average Bonchev–Trinajstić information content (AvgIpc) is 2.60. The Hall–Kier alpha value is -2.55. The van der Waals surface area contributed by atoms with Crippen LogP contribution in [0.2, 0.25) is 0 Å². The van der Waals surface area contributed by atoms with Gasteiger partial charge in [0.25, 0.3) is 5.91 Å². The topological polar surface area (TPSA) is 59.9 Å². The smallest absolute Gasteiger partial charge is 0.416 e. The maximum atomic E-state index is 12.7. The van der Waals surface area contributed by atoms with Gasteiger partial charge in [-0.15, -0.1) is 0 Å². The number of nitrogens with zero attached hydrogens (tertiary/aromatic N) is 1. The van der Waals surface area contributed by atoms with Crippen LogP contribution in [0, 0.1) is 0 Å². The Morgan fingerprint density at radius 3 is 2.54 bits per heavy atom. The molecule has 1 amide bonds. The fourth-order valence-corrected chi connectivity index (χ4v) is 2.70. The quantitative estimate of drug-likeness (QED) is 0.569. The Balaban J connectivity index is 2.14. The standard InChI is InChI=1S/C17H14BrF3N2O3/c1-25-14-7-10(6-13(18)15(14)26-2)9-22-23-16(24)11-4-3-5-12(8-11)17(19,20)21/h3-9H,1-2H3,(H,23,24)/b22-9+. The third-order valence-electron chi connectivity index (χ3n) is 3.29. The van der Waals surface area contributed by atoms with E-state index in [1.807, 2.05) is 0 Å². The number of ether oxygens (including phenoxy) is 2. The molecule has 2 aromatic rings.